The average molecular weight is 377 g/mol. The molecule has 6 nitrogen and oxygen atoms in total. The second-order valence-corrected chi connectivity index (χ2v) is 7.55. The highest BCUT2D eigenvalue weighted by Crippen LogP contribution is 2.32. The van der Waals surface area contributed by atoms with Gasteiger partial charge in [0.05, 0.1) is 0 Å². The molecule has 2 aromatic rings. The van der Waals surface area contributed by atoms with E-state index in [4.69, 9.17) is 0 Å². The zero-order valence-electron chi connectivity index (χ0n) is 15.8. The van der Waals surface area contributed by atoms with E-state index in [9.17, 15) is 14.4 Å². The first-order chi connectivity index (χ1) is 13.5. The molecule has 4 rings (SSSR count). The Bertz CT molecular complexity index is 941. The molecule has 0 saturated carbocycles. The van der Waals surface area contributed by atoms with Gasteiger partial charge in [-0.05, 0) is 48.4 Å². The van der Waals surface area contributed by atoms with Gasteiger partial charge in [-0.2, -0.15) is 0 Å². The number of hydrogen-bond donors (Lipinski definition) is 2. The van der Waals surface area contributed by atoms with E-state index in [1.54, 1.807) is 6.92 Å². The van der Waals surface area contributed by atoms with Crippen molar-refractivity contribution in [2.75, 3.05) is 6.54 Å². The summed E-state index contributed by atoms with van der Waals surface area (Å²) in [5, 5.41) is 5.53. The Morgan fingerprint density at radius 2 is 1.86 bits per heavy atom. The van der Waals surface area contributed by atoms with Crippen LogP contribution in [0.25, 0.3) is 0 Å². The molecule has 0 unspecified atom stereocenters. The molecule has 1 aliphatic carbocycles. The zero-order chi connectivity index (χ0) is 19.7. The molecule has 0 bridgehead atoms. The molecule has 144 valence electrons. The lowest BCUT2D eigenvalue weighted by Gasteiger charge is -2.23. The third-order valence-corrected chi connectivity index (χ3v) is 5.59. The van der Waals surface area contributed by atoms with Crippen molar-refractivity contribution in [3.05, 3.63) is 70.8 Å². The van der Waals surface area contributed by atoms with Crippen molar-refractivity contribution in [3.63, 3.8) is 0 Å². The van der Waals surface area contributed by atoms with Crippen LogP contribution in [-0.2, 0) is 34.5 Å². The molecule has 2 aliphatic rings. The number of nitrogens with one attached hydrogen (secondary N) is 2. The lowest BCUT2D eigenvalue weighted by Crippen LogP contribution is -2.43. The molecule has 1 fully saturated rings. The summed E-state index contributed by atoms with van der Waals surface area (Å²) in [4.78, 5) is 38.7. The lowest BCUT2D eigenvalue weighted by atomic mass is 9.89. The Labute approximate surface area is 163 Å². The van der Waals surface area contributed by atoms with E-state index in [2.05, 4.69) is 10.6 Å². The predicted molar refractivity (Wildman–Crippen MR) is 104 cm³/mol. The van der Waals surface area contributed by atoms with Gasteiger partial charge in [-0.1, -0.05) is 48.5 Å². The molecule has 1 atom stereocenters. The molecule has 1 aliphatic heterocycles. The van der Waals surface area contributed by atoms with Crippen molar-refractivity contribution in [2.24, 2.45) is 0 Å². The maximum absolute atomic E-state index is 13.0. The summed E-state index contributed by atoms with van der Waals surface area (Å²) >= 11 is 0. The van der Waals surface area contributed by atoms with E-state index in [1.807, 2.05) is 48.5 Å². The number of nitrogens with zero attached hydrogens (tertiary/aromatic N) is 1. The number of amides is 4. The van der Waals surface area contributed by atoms with Gasteiger partial charge in [0.25, 0.3) is 5.91 Å². The Morgan fingerprint density at radius 1 is 1.11 bits per heavy atom. The minimum atomic E-state index is -1.14. The van der Waals surface area contributed by atoms with Gasteiger partial charge in [-0.3, -0.25) is 14.5 Å². The first kappa shape index (κ1) is 18.2. The average Bonchev–Trinajstić information content (AvgIpc) is 3.25. The number of hydrogen-bond acceptors (Lipinski definition) is 3. The summed E-state index contributed by atoms with van der Waals surface area (Å²) in [6, 6.07) is 14.9. The second-order valence-electron chi connectivity index (χ2n) is 7.55. The summed E-state index contributed by atoms with van der Waals surface area (Å²) in [6.07, 6.45) is 3.16. The van der Waals surface area contributed by atoms with Crippen LogP contribution >= 0.6 is 0 Å². The van der Waals surface area contributed by atoms with Gasteiger partial charge in [0.1, 0.15) is 12.1 Å². The van der Waals surface area contributed by atoms with E-state index in [0.717, 1.165) is 35.3 Å². The number of rotatable bonds is 5. The Hall–Kier alpha value is -3.15. The number of carbonyl (C=O) groups is 3. The van der Waals surface area contributed by atoms with Crippen LogP contribution in [0, 0.1) is 0 Å². The zero-order valence-corrected chi connectivity index (χ0v) is 15.8. The van der Waals surface area contributed by atoms with E-state index < -0.39 is 17.5 Å². The lowest BCUT2D eigenvalue weighted by molar-refractivity contribution is -0.134. The fourth-order valence-electron chi connectivity index (χ4n) is 3.92. The SMILES string of the molecule is C[C@]1(c2ccc3c(c2)CCC3)NC(=O)N(CC(=O)NCc2ccccc2)C1=O. The van der Waals surface area contributed by atoms with Gasteiger partial charge in [0.15, 0.2) is 0 Å². The monoisotopic (exact) mass is 377 g/mol. The molecule has 0 aromatic heterocycles. The van der Waals surface area contributed by atoms with Gasteiger partial charge in [0.2, 0.25) is 5.91 Å². The molecular formula is C22H23N3O3. The van der Waals surface area contributed by atoms with Crippen molar-refractivity contribution in [1.29, 1.82) is 0 Å². The summed E-state index contributed by atoms with van der Waals surface area (Å²) in [6.45, 7) is 1.76. The highest BCUT2D eigenvalue weighted by Gasteiger charge is 2.49. The summed E-state index contributed by atoms with van der Waals surface area (Å²) in [5.41, 5.74) is 3.12. The minimum absolute atomic E-state index is 0.294. The molecule has 2 aromatic carbocycles. The van der Waals surface area contributed by atoms with Gasteiger partial charge >= 0.3 is 6.03 Å². The molecule has 4 amide bonds. The van der Waals surface area contributed by atoms with E-state index >= 15 is 0 Å². The fraction of sp³-hybridized carbons (Fsp3) is 0.318. The molecule has 28 heavy (non-hydrogen) atoms. The van der Waals surface area contributed by atoms with Crippen LogP contribution in [0.15, 0.2) is 48.5 Å². The number of fused-ring (bicyclic) bond motifs is 1. The van der Waals surface area contributed by atoms with Crippen molar-refractivity contribution in [3.8, 4) is 0 Å². The molecule has 1 saturated heterocycles. The topological polar surface area (TPSA) is 78.5 Å². The number of aryl methyl sites for hydroxylation is 2. The highest BCUT2D eigenvalue weighted by atomic mass is 16.2. The van der Waals surface area contributed by atoms with Crippen molar-refractivity contribution < 1.29 is 14.4 Å². The fourth-order valence-corrected chi connectivity index (χ4v) is 3.92. The Kier molecular flexibility index (Phi) is 4.63. The van der Waals surface area contributed by atoms with Crippen molar-refractivity contribution in [1.82, 2.24) is 15.5 Å². The molecule has 2 N–H and O–H groups in total. The van der Waals surface area contributed by atoms with Crippen molar-refractivity contribution in [2.45, 2.75) is 38.3 Å². The maximum atomic E-state index is 13.0. The largest absolute Gasteiger partial charge is 0.350 e. The van der Waals surface area contributed by atoms with Crippen LogP contribution in [0.4, 0.5) is 4.79 Å². The van der Waals surface area contributed by atoms with E-state index in [0.29, 0.717) is 6.54 Å². The van der Waals surface area contributed by atoms with Crippen LogP contribution in [0.3, 0.4) is 0 Å². The van der Waals surface area contributed by atoms with E-state index in [-0.39, 0.29) is 12.5 Å². The van der Waals surface area contributed by atoms with Gasteiger partial charge in [0, 0.05) is 6.54 Å². The summed E-state index contributed by atoms with van der Waals surface area (Å²) in [7, 11) is 0. The molecule has 0 radical (unpaired) electrons. The summed E-state index contributed by atoms with van der Waals surface area (Å²) < 4.78 is 0. The predicted octanol–water partition coefficient (Wildman–Crippen LogP) is 2.26. The van der Waals surface area contributed by atoms with Crippen molar-refractivity contribution >= 4 is 17.8 Å². The molecule has 6 heteroatoms. The van der Waals surface area contributed by atoms with Gasteiger partial charge in [-0.25, -0.2) is 4.79 Å². The Balaban J connectivity index is 1.45. The van der Waals surface area contributed by atoms with E-state index in [1.165, 1.54) is 11.1 Å². The smallest absolute Gasteiger partial charge is 0.325 e. The van der Waals surface area contributed by atoms with Crippen LogP contribution in [0.5, 0.6) is 0 Å². The molecule has 0 spiro atoms. The van der Waals surface area contributed by atoms with Crippen LogP contribution < -0.4 is 10.6 Å². The van der Waals surface area contributed by atoms with Crippen LogP contribution in [-0.4, -0.2) is 29.3 Å². The minimum Gasteiger partial charge on any atom is -0.350 e. The number of benzene rings is 2. The Morgan fingerprint density at radius 3 is 2.64 bits per heavy atom. The second kappa shape index (κ2) is 7.11. The highest BCUT2D eigenvalue weighted by molar-refractivity contribution is 6.09. The third kappa shape index (κ3) is 3.26. The van der Waals surface area contributed by atoms with Crippen LogP contribution in [0.1, 0.15) is 35.6 Å². The normalized spacial score (nSPS) is 20.8. The maximum Gasteiger partial charge on any atom is 0.325 e. The van der Waals surface area contributed by atoms with Gasteiger partial charge in [-0.15, -0.1) is 0 Å². The quantitative estimate of drug-likeness (QED) is 0.785. The number of urea groups is 1. The number of carbonyl (C=O) groups excluding carboxylic acids is 3. The third-order valence-electron chi connectivity index (χ3n) is 5.59. The summed E-state index contributed by atoms with van der Waals surface area (Å²) in [5.74, 6) is -0.768. The standard InChI is InChI=1S/C22H23N3O3/c1-22(18-11-10-16-8-5-9-17(16)12-18)20(27)25(21(28)24-22)14-19(26)23-13-15-6-3-2-4-7-15/h2-4,6-7,10-12H,5,8-9,13-14H2,1H3,(H,23,26)(H,24,28)/t22-/m1/s1. The number of imide groups is 1. The van der Waals surface area contributed by atoms with Crippen LogP contribution in [0.2, 0.25) is 0 Å². The molecular weight excluding hydrogens is 354 g/mol. The first-order valence-corrected chi connectivity index (χ1v) is 9.54. The molecule has 1 heterocycles. The van der Waals surface area contributed by atoms with Gasteiger partial charge < -0.3 is 10.6 Å². The first-order valence-electron chi connectivity index (χ1n) is 9.54.